The lowest BCUT2D eigenvalue weighted by molar-refractivity contribution is 0.104. The number of piperidine rings is 2. The molecule has 2 aliphatic carbocycles. The summed E-state index contributed by atoms with van der Waals surface area (Å²) >= 11 is 27.5. The Bertz CT molecular complexity index is 2130. The second-order valence-corrected chi connectivity index (χ2v) is 18.1. The van der Waals surface area contributed by atoms with Crippen LogP contribution in [-0.2, 0) is 30.4 Å². The van der Waals surface area contributed by atoms with Crippen LogP contribution in [-0.4, -0.2) is 48.8 Å². The van der Waals surface area contributed by atoms with Gasteiger partial charge in [0, 0.05) is 58.4 Å². The highest BCUT2D eigenvalue weighted by atomic mass is 79.9. The third-order valence-electron chi connectivity index (χ3n) is 10.4. The number of ether oxygens (including phenoxy) is 1. The van der Waals surface area contributed by atoms with E-state index in [0.29, 0.717) is 19.7 Å². The lowest BCUT2D eigenvalue weighted by Crippen LogP contribution is -2.37. The average molecular weight is 1010 g/mol. The highest BCUT2D eigenvalue weighted by molar-refractivity contribution is 9.11. The summed E-state index contributed by atoms with van der Waals surface area (Å²) in [6.07, 6.45) is 9.41. The van der Waals surface area contributed by atoms with Gasteiger partial charge in [0.05, 0.1) is 12.3 Å². The molecule has 11 heteroatoms. The van der Waals surface area contributed by atoms with Gasteiger partial charge in [-0.1, -0.05) is 88.2 Å². The number of nitrogens with zero attached hydrogens (tertiary/aromatic N) is 2. The minimum atomic E-state index is -0.213. The van der Waals surface area contributed by atoms with Gasteiger partial charge >= 0.3 is 6.09 Å². The van der Waals surface area contributed by atoms with Crippen molar-refractivity contribution in [1.82, 2.24) is 15.2 Å². The summed E-state index contributed by atoms with van der Waals surface area (Å²) in [5.41, 5.74) is 15.7. The molecule has 4 aliphatic rings. The van der Waals surface area contributed by atoms with Crippen molar-refractivity contribution in [3.05, 3.63) is 138 Å². The molecule has 8 rings (SSSR count). The van der Waals surface area contributed by atoms with Gasteiger partial charge in [-0.2, -0.15) is 0 Å². The molecular formula is C42H39Br4Cl2N3O2. The first kappa shape index (κ1) is 39.3. The molecule has 2 aliphatic heterocycles. The van der Waals surface area contributed by atoms with Crippen LogP contribution in [0.25, 0.3) is 11.1 Å². The number of hydrogen-bond acceptors (Lipinski definition) is 4. The molecule has 0 radical (unpaired) electrons. The molecule has 0 atom stereocenters. The molecule has 0 bridgehead atoms. The fourth-order valence-corrected chi connectivity index (χ4v) is 11.0. The summed E-state index contributed by atoms with van der Waals surface area (Å²) in [7, 11) is 0. The molecule has 0 saturated carbocycles. The van der Waals surface area contributed by atoms with E-state index in [1.165, 1.54) is 61.2 Å². The van der Waals surface area contributed by atoms with Gasteiger partial charge < -0.3 is 15.0 Å². The molecule has 276 valence electrons. The van der Waals surface area contributed by atoms with Crippen molar-refractivity contribution >= 4 is 104 Å². The number of aromatic nitrogens is 1. The molecule has 1 N–H and O–H groups in total. The van der Waals surface area contributed by atoms with Crippen molar-refractivity contribution in [2.75, 3.05) is 32.8 Å². The third kappa shape index (κ3) is 8.72. The number of nitrogens with one attached hydrogen (secondary N) is 1. The number of pyridine rings is 1. The summed E-state index contributed by atoms with van der Waals surface area (Å²) in [4.78, 5) is 18.8. The maximum Gasteiger partial charge on any atom is 0.409 e. The minimum Gasteiger partial charge on any atom is -0.450 e. The average Bonchev–Trinajstić information content (AvgIpc) is 3.40. The maximum atomic E-state index is 12.1. The Morgan fingerprint density at radius 3 is 1.92 bits per heavy atom. The zero-order valence-electron chi connectivity index (χ0n) is 29.4. The fraction of sp³-hybridized carbons (Fsp3) is 0.333. The number of benzene rings is 3. The maximum absolute atomic E-state index is 12.1. The molecule has 1 amide bonds. The molecule has 3 aromatic carbocycles. The predicted octanol–water partition coefficient (Wildman–Crippen LogP) is 12.6. The SMILES string of the molecule is CCOC(=O)N1CCC(=C2c3ccc(Br)cc3CCc3cc(Cl)cc(Br)c32)CC1.Clc1cc(Br)c2c(c1)CCc1cc(Br)cnc1C2=C1CCNCC1. The van der Waals surface area contributed by atoms with Crippen LogP contribution < -0.4 is 5.32 Å². The van der Waals surface area contributed by atoms with E-state index in [1.807, 2.05) is 30.2 Å². The number of amides is 1. The van der Waals surface area contributed by atoms with Crippen LogP contribution in [0.5, 0.6) is 0 Å². The molecule has 3 heterocycles. The van der Waals surface area contributed by atoms with E-state index in [9.17, 15) is 4.79 Å². The van der Waals surface area contributed by atoms with Gasteiger partial charge in [0.15, 0.2) is 0 Å². The van der Waals surface area contributed by atoms with E-state index in [2.05, 4.69) is 105 Å². The topological polar surface area (TPSA) is 54.5 Å². The second kappa shape index (κ2) is 17.4. The Kier molecular flexibility index (Phi) is 12.9. The molecule has 4 aromatic rings. The van der Waals surface area contributed by atoms with Gasteiger partial charge in [0.1, 0.15) is 0 Å². The molecule has 0 unspecified atom stereocenters. The van der Waals surface area contributed by atoms with Gasteiger partial charge in [-0.3, -0.25) is 4.98 Å². The Hall–Kier alpha value is -1.98. The zero-order valence-corrected chi connectivity index (χ0v) is 37.2. The summed E-state index contributed by atoms with van der Waals surface area (Å²) in [6, 6.07) is 17.0. The quantitative estimate of drug-likeness (QED) is 0.206. The van der Waals surface area contributed by atoms with Crippen LogP contribution in [0.1, 0.15) is 77.2 Å². The Morgan fingerprint density at radius 1 is 0.717 bits per heavy atom. The van der Waals surface area contributed by atoms with Crippen LogP contribution >= 0.6 is 86.9 Å². The molecule has 1 aromatic heterocycles. The second-order valence-electron chi connectivity index (χ2n) is 13.7. The highest BCUT2D eigenvalue weighted by Crippen LogP contribution is 2.44. The number of likely N-dealkylation sites (tertiary alicyclic amines) is 1. The van der Waals surface area contributed by atoms with Crippen molar-refractivity contribution in [2.45, 2.75) is 58.3 Å². The van der Waals surface area contributed by atoms with Crippen molar-refractivity contribution < 1.29 is 9.53 Å². The Labute approximate surface area is 355 Å². The molecule has 0 spiro atoms. The van der Waals surface area contributed by atoms with E-state index in [4.69, 9.17) is 32.9 Å². The van der Waals surface area contributed by atoms with E-state index in [1.54, 1.807) is 0 Å². The van der Waals surface area contributed by atoms with Gasteiger partial charge in [0.2, 0.25) is 0 Å². The van der Waals surface area contributed by atoms with E-state index < -0.39 is 0 Å². The summed E-state index contributed by atoms with van der Waals surface area (Å²) in [5.74, 6) is 0. The van der Waals surface area contributed by atoms with Crippen LogP contribution in [0.15, 0.2) is 83.8 Å². The predicted molar refractivity (Wildman–Crippen MR) is 231 cm³/mol. The third-order valence-corrected chi connectivity index (χ3v) is 13.0. The number of carbonyl (C=O) groups excluding carboxylic acids is 1. The number of halogens is 6. The lowest BCUT2D eigenvalue weighted by Gasteiger charge is -2.30. The van der Waals surface area contributed by atoms with E-state index >= 15 is 0 Å². The zero-order chi connectivity index (χ0) is 37.2. The summed E-state index contributed by atoms with van der Waals surface area (Å²) in [6.45, 7) is 5.69. The van der Waals surface area contributed by atoms with Crippen LogP contribution in [0, 0.1) is 0 Å². The molecule has 2 fully saturated rings. The number of carbonyl (C=O) groups is 1. The first-order valence-corrected chi connectivity index (χ1v) is 22.0. The molecule has 53 heavy (non-hydrogen) atoms. The normalized spacial score (nSPS) is 16.7. The van der Waals surface area contributed by atoms with Crippen molar-refractivity contribution in [3.8, 4) is 0 Å². The Balaban J connectivity index is 0.000000167. The monoisotopic (exact) mass is 1000 g/mol. The minimum absolute atomic E-state index is 0.213. The van der Waals surface area contributed by atoms with Crippen LogP contribution in [0.3, 0.4) is 0 Å². The largest absolute Gasteiger partial charge is 0.450 e. The number of aryl methyl sites for hydroxylation is 4. The summed E-state index contributed by atoms with van der Waals surface area (Å²) in [5, 5.41) is 5.00. The van der Waals surface area contributed by atoms with Crippen molar-refractivity contribution in [2.24, 2.45) is 0 Å². The lowest BCUT2D eigenvalue weighted by atomic mass is 9.86. The van der Waals surface area contributed by atoms with Crippen molar-refractivity contribution in [1.29, 1.82) is 0 Å². The van der Waals surface area contributed by atoms with Gasteiger partial charge in [-0.05, 0) is 169 Å². The van der Waals surface area contributed by atoms with Gasteiger partial charge in [-0.15, -0.1) is 0 Å². The Morgan fingerprint density at radius 2 is 1.28 bits per heavy atom. The molecular weight excluding hydrogens is 969 g/mol. The number of fused-ring (bicyclic) bond motifs is 4. The smallest absolute Gasteiger partial charge is 0.409 e. The number of hydrogen-bond donors (Lipinski definition) is 1. The highest BCUT2D eigenvalue weighted by Gasteiger charge is 2.29. The number of rotatable bonds is 1. The van der Waals surface area contributed by atoms with E-state index in [-0.39, 0.29) is 6.09 Å². The molecule has 5 nitrogen and oxygen atoms in total. The van der Waals surface area contributed by atoms with Gasteiger partial charge in [-0.25, -0.2) is 4.79 Å². The standard InChI is InChI=1S/C23H22Br2ClNO2.C19H17Br2ClN2/c1-2-29-23(28)27-9-7-14(8-10-27)21-19-6-5-17(24)11-15(19)3-4-16-12-18(26)13-20(25)22(16)21;20-14-7-13-2-1-12-8-15(22)9-16(21)17(12)18(19(13)24-10-14)11-3-5-23-6-4-11/h5-6,11-13H,2-4,7-10H2,1H3;7-10,23H,1-6H2. The first-order valence-electron chi connectivity index (χ1n) is 18.1. The summed E-state index contributed by atoms with van der Waals surface area (Å²) < 4.78 is 9.43. The van der Waals surface area contributed by atoms with Crippen molar-refractivity contribution in [3.63, 3.8) is 0 Å². The van der Waals surface area contributed by atoms with Gasteiger partial charge in [0.25, 0.3) is 0 Å². The first-order chi connectivity index (χ1) is 25.6. The van der Waals surface area contributed by atoms with Crippen LogP contribution in [0.4, 0.5) is 4.79 Å². The van der Waals surface area contributed by atoms with Crippen LogP contribution in [0.2, 0.25) is 10.0 Å². The fourth-order valence-electron chi connectivity index (χ4n) is 8.02. The van der Waals surface area contributed by atoms with E-state index in [0.717, 1.165) is 98.1 Å². The molecule has 2 saturated heterocycles.